The molecule has 2 N–H and O–H groups in total. The molecule has 126 valence electrons. The molecule has 0 fully saturated rings. The second-order valence-electron chi connectivity index (χ2n) is 5.32. The fraction of sp³-hybridized carbons (Fsp3) is 0.263. The van der Waals surface area contributed by atoms with Crippen molar-refractivity contribution in [3.8, 4) is 0 Å². The van der Waals surface area contributed by atoms with Crippen molar-refractivity contribution in [2.45, 2.75) is 26.0 Å². The highest BCUT2D eigenvalue weighted by molar-refractivity contribution is 5.89. The second kappa shape index (κ2) is 8.84. The quantitative estimate of drug-likeness (QED) is 0.790. The van der Waals surface area contributed by atoms with Gasteiger partial charge in [0.05, 0.1) is 12.2 Å². The van der Waals surface area contributed by atoms with Gasteiger partial charge in [-0.15, -0.1) is 0 Å². The summed E-state index contributed by atoms with van der Waals surface area (Å²) in [6.45, 7) is 2.27. The zero-order valence-electron chi connectivity index (χ0n) is 13.6. The van der Waals surface area contributed by atoms with Crippen LogP contribution < -0.4 is 5.73 Å². The van der Waals surface area contributed by atoms with Gasteiger partial charge < -0.3 is 15.2 Å². The summed E-state index contributed by atoms with van der Waals surface area (Å²) < 4.78 is 10.1. The first kappa shape index (κ1) is 17.7. The van der Waals surface area contributed by atoms with Crippen LogP contribution in [0.1, 0.15) is 28.4 Å². The second-order valence-corrected chi connectivity index (χ2v) is 5.32. The summed E-state index contributed by atoms with van der Waals surface area (Å²) in [6, 6.07) is 15.6. The van der Waals surface area contributed by atoms with Gasteiger partial charge in [-0.2, -0.15) is 0 Å². The number of carbonyl (C=O) groups excluding carboxylic acids is 2. The van der Waals surface area contributed by atoms with E-state index in [0.29, 0.717) is 18.6 Å². The molecule has 0 aliphatic heterocycles. The van der Waals surface area contributed by atoms with E-state index >= 15 is 0 Å². The maximum absolute atomic E-state index is 12.0. The van der Waals surface area contributed by atoms with E-state index in [0.717, 1.165) is 11.1 Å². The minimum atomic E-state index is -0.708. The molecule has 2 aromatic rings. The lowest BCUT2D eigenvalue weighted by Gasteiger charge is -2.11. The molecule has 0 heterocycles. The first-order valence-electron chi connectivity index (χ1n) is 7.82. The third kappa shape index (κ3) is 5.21. The first-order valence-corrected chi connectivity index (χ1v) is 7.82. The lowest BCUT2D eigenvalue weighted by atomic mass is 10.0. The molecule has 2 rings (SSSR count). The molecule has 1 atom stereocenters. The van der Waals surface area contributed by atoms with Crippen molar-refractivity contribution in [1.29, 1.82) is 0 Å². The Balaban J connectivity index is 1.89. The normalized spacial score (nSPS) is 11.6. The van der Waals surface area contributed by atoms with Crippen molar-refractivity contribution in [2.75, 3.05) is 6.61 Å². The number of esters is 2. The number of hydrogen-bond acceptors (Lipinski definition) is 5. The van der Waals surface area contributed by atoms with Crippen molar-refractivity contribution in [3.05, 3.63) is 71.3 Å². The van der Waals surface area contributed by atoms with Crippen LogP contribution in [0.25, 0.3) is 0 Å². The van der Waals surface area contributed by atoms with Crippen LogP contribution >= 0.6 is 0 Å². The van der Waals surface area contributed by atoms with Gasteiger partial charge >= 0.3 is 11.9 Å². The minimum absolute atomic E-state index is 0.231. The number of ether oxygens (including phenoxy) is 2. The summed E-state index contributed by atoms with van der Waals surface area (Å²) in [6.07, 6.45) is 0.359. The average Bonchev–Trinajstić information content (AvgIpc) is 2.61. The molecule has 5 heteroatoms. The molecular weight excluding hydrogens is 306 g/mol. The predicted molar refractivity (Wildman–Crippen MR) is 90.3 cm³/mol. The van der Waals surface area contributed by atoms with E-state index in [1.54, 1.807) is 31.2 Å². The van der Waals surface area contributed by atoms with Gasteiger partial charge in [0.25, 0.3) is 0 Å². The van der Waals surface area contributed by atoms with Gasteiger partial charge in [-0.05, 0) is 36.6 Å². The van der Waals surface area contributed by atoms with Crippen molar-refractivity contribution in [1.82, 2.24) is 0 Å². The summed E-state index contributed by atoms with van der Waals surface area (Å²) in [5.74, 6) is -0.816. The Morgan fingerprint density at radius 3 is 2.25 bits per heavy atom. The largest absolute Gasteiger partial charge is 0.465 e. The van der Waals surface area contributed by atoms with Gasteiger partial charge in [0.1, 0.15) is 12.6 Å². The first-order chi connectivity index (χ1) is 11.6. The van der Waals surface area contributed by atoms with Crippen LogP contribution in [0.2, 0.25) is 0 Å². The van der Waals surface area contributed by atoms with E-state index in [-0.39, 0.29) is 12.6 Å². The van der Waals surface area contributed by atoms with Crippen LogP contribution in [0.3, 0.4) is 0 Å². The fourth-order valence-corrected chi connectivity index (χ4v) is 2.17. The van der Waals surface area contributed by atoms with E-state index in [1.807, 2.05) is 30.3 Å². The van der Waals surface area contributed by atoms with E-state index < -0.39 is 12.0 Å². The number of rotatable bonds is 7. The minimum Gasteiger partial charge on any atom is -0.465 e. The SMILES string of the molecule is CCOC(=O)C(N)Cc1ccc(C(=O)OCc2ccccc2)cc1. The molecule has 0 amide bonds. The van der Waals surface area contributed by atoms with E-state index in [9.17, 15) is 9.59 Å². The Kier molecular flexibility index (Phi) is 6.51. The van der Waals surface area contributed by atoms with Gasteiger partial charge in [0.2, 0.25) is 0 Å². The van der Waals surface area contributed by atoms with Gasteiger partial charge in [-0.3, -0.25) is 4.79 Å². The molecular formula is C19H21NO4. The van der Waals surface area contributed by atoms with Crippen molar-refractivity contribution < 1.29 is 19.1 Å². The average molecular weight is 327 g/mol. The molecule has 0 radical (unpaired) electrons. The zero-order valence-corrected chi connectivity index (χ0v) is 13.6. The zero-order chi connectivity index (χ0) is 17.4. The molecule has 0 aliphatic rings. The molecule has 5 nitrogen and oxygen atoms in total. The topological polar surface area (TPSA) is 78.6 Å². The van der Waals surface area contributed by atoms with Crippen LogP contribution in [-0.2, 0) is 27.3 Å². The number of hydrogen-bond donors (Lipinski definition) is 1. The molecule has 24 heavy (non-hydrogen) atoms. The highest BCUT2D eigenvalue weighted by atomic mass is 16.5. The van der Waals surface area contributed by atoms with Gasteiger partial charge in [-0.25, -0.2) is 4.79 Å². The standard InChI is InChI=1S/C19H21NO4/c1-2-23-19(22)17(20)12-14-8-10-16(11-9-14)18(21)24-13-15-6-4-3-5-7-15/h3-11,17H,2,12-13,20H2,1H3. The summed E-state index contributed by atoms with van der Waals surface area (Å²) >= 11 is 0. The molecule has 0 spiro atoms. The van der Waals surface area contributed by atoms with Crippen LogP contribution in [-0.4, -0.2) is 24.6 Å². The van der Waals surface area contributed by atoms with Gasteiger partial charge in [0.15, 0.2) is 0 Å². The Morgan fingerprint density at radius 2 is 1.62 bits per heavy atom. The summed E-state index contributed by atoms with van der Waals surface area (Å²) in [5.41, 5.74) is 8.03. The number of benzene rings is 2. The molecule has 0 bridgehead atoms. The number of carbonyl (C=O) groups is 2. The maximum atomic E-state index is 12.0. The van der Waals surface area contributed by atoms with Crippen LogP contribution in [0, 0.1) is 0 Å². The molecule has 0 aromatic heterocycles. The Hall–Kier alpha value is -2.66. The summed E-state index contributed by atoms with van der Waals surface area (Å²) in [4.78, 5) is 23.5. The Labute approximate surface area is 141 Å². The van der Waals surface area contributed by atoms with E-state index in [2.05, 4.69) is 0 Å². The summed E-state index contributed by atoms with van der Waals surface area (Å²) in [7, 11) is 0. The van der Waals surface area contributed by atoms with E-state index in [4.69, 9.17) is 15.2 Å². The Morgan fingerprint density at radius 1 is 0.958 bits per heavy atom. The maximum Gasteiger partial charge on any atom is 0.338 e. The van der Waals surface area contributed by atoms with Crippen LogP contribution in [0.5, 0.6) is 0 Å². The number of nitrogens with two attached hydrogens (primary N) is 1. The molecule has 1 unspecified atom stereocenters. The van der Waals surface area contributed by atoms with Crippen LogP contribution in [0.4, 0.5) is 0 Å². The third-order valence-electron chi connectivity index (χ3n) is 3.45. The smallest absolute Gasteiger partial charge is 0.338 e. The lowest BCUT2D eigenvalue weighted by molar-refractivity contribution is -0.144. The monoisotopic (exact) mass is 327 g/mol. The summed E-state index contributed by atoms with van der Waals surface area (Å²) in [5, 5.41) is 0. The highest BCUT2D eigenvalue weighted by Crippen LogP contribution is 2.10. The van der Waals surface area contributed by atoms with E-state index in [1.165, 1.54) is 0 Å². The van der Waals surface area contributed by atoms with Crippen molar-refractivity contribution in [2.24, 2.45) is 5.73 Å². The lowest BCUT2D eigenvalue weighted by Crippen LogP contribution is -2.34. The molecule has 0 saturated carbocycles. The molecule has 0 saturated heterocycles. The Bertz CT molecular complexity index is 668. The van der Waals surface area contributed by atoms with Gasteiger partial charge in [-0.1, -0.05) is 42.5 Å². The third-order valence-corrected chi connectivity index (χ3v) is 3.45. The molecule has 0 aliphatic carbocycles. The molecule has 2 aromatic carbocycles. The fourth-order valence-electron chi connectivity index (χ4n) is 2.17. The predicted octanol–water partition coefficient (Wildman–Crippen LogP) is 2.48. The van der Waals surface area contributed by atoms with Crippen molar-refractivity contribution in [3.63, 3.8) is 0 Å². The van der Waals surface area contributed by atoms with Gasteiger partial charge in [0, 0.05) is 0 Å². The van der Waals surface area contributed by atoms with Crippen LogP contribution in [0.15, 0.2) is 54.6 Å². The van der Waals surface area contributed by atoms with Crippen molar-refractivity contribution >= 4 is 11.9 Å². The highest BCUT2D eigenvalue weighted by Gasteiger charge is 2.15.